The average molecular weight is 453 g/mol. The lowest BCUT2D eigenvalue weighted by atomic mass is 10.2. The fourth-order valence-corrected chi connectivity index (χ4v) is 3.01. The molecule has 3 aromatic heterocycles. The van der Waals surface area contributed by atoms with E-state index in [4.69, 9.17) is 4.74 Å². The molecule has 0 saturated heterocycles. The molecule has 0 fully saturated rings. The third kappa shape index (κ3) is 5.35. The van der Waals surface area contributed by atoms with Gasteiger partial charge in [-0.3, -0.25) is 9.78 Å². The van der Waals surface area contributed by atoms with E-state index in [-0.39, 0.29) is 30.2 Å². The third-order valence-electron chi connectivity index (χ3n) is 4.58. The van der Waals surface area contributed by atoms with Gasteiger partial charge in [0.25, 0.3) is 5.91 Å². The molecular weight excluding hydrogens is 435 g/mol. The van der Waals surface area contributed by atoms with E-state index in [9.17, 15) is 18.0 Å². The maximum Gasteiger partial charge on any atom is 0.433 e. The predicted octanol–water partition coefficient (Wildman–Crippen LogP) is 4.16. The maximum absolute atomic E-state index is 13.6. The van der Waals surface area contributed by atoms with E-state index in [1.165, 1.54) is 30.7 Å². The highest BCUT2D eigenvalue weighted by atomic mass is 19.4. The number of pyridine rings is 2. The zero-order valence-corrected chi connectivity index (χ0v) is 17.2. The van der Waals surface area contributed by atoms with Gasteiger partial charge in [-0.05, 0) is 42.5 Å². The first-order valence-electron chi connectivity index (χ1n) is 9.92. The van der Waals surface area contributed by atoms with Gasteiger partial charge in [0, 0.05) is 24.2 Å². The van der Waals surface area contributed by atoms with Crippen LogP contribution in [0.3, 0.4) is 0 Å². The minimum atomic E-state index is -4.65. The van der Waals surface area contributed by atoms with E-state index in [2.05, 4.69) is 20.4 Å². The molecule has 0 spiro atoms. The number of carbonyl (C=O) groups is 1. The Balaban J connectivity index is 1.46. The smallest absolute Gasteiger partial charge is 0.433 e. The van der Waals surface area contributed by atoms with Crippen molar-refractivity contribution in [3.8, 4) is 22.8 Å². The Bertz CT molecular complexity index is 1210. The van der Waals surface area contributed by atoms with Gasteiger partial charge in [-0.1, -0.05) is 18.2 Å². The second-order valence-electron chi connectivity index (χ2n) is 6.89. The molecule has 10 heteroatoms. The monoisotopic (exact) mass is 453 g/mol. The van der Waals surface area contributed by atoms with Crippen LogP contribution < -0.4 is 10.1 Å². The molecule has 4 rings (SSSR count). The number of para-hydroxylation sites is 1. The lowest BCUT2D eigenvalue weighted by Gasteiger charge is -2.10. The lowest BCUT2D eigenvalue weighted by Crippen LogP contribution is -2.28. The molecule has 0 unspecified atom stereocenters. The average Bonchev–Trinajstić information content (AvgIpc) is 3.29. The minimum Gasteiger partial charge on any atom is -0.492 e. The quantitative estimate of drug-likeness (QED) is 0.425. The van der Waals surface area contributed by atoms with Crippen LogP contribution in [0.1, 0.15) is 16.1 Å². The Morgan fingerprint density at radius 3 is 2.52 bits per heavy atom. The van der Waals surface area contributed by atoms with Crippen molar-refractivity contribution in [2.24, 2.45) is 0 Å². The van der Waals surface area contributed by atoms with Crippen LogP contribution in [0.15, 0.2) is 79.3 Å². The number of hydrogen-bond donors (Lipinski definition) is 1. The molecule has 33 heavy (non-hydrogen) atoms. The highest BCUT2D eigenvalue weighted by molar-refractivity contribution is 5.93. The van der Waals surface area contributed by atoms with E-state index in [0.717, 1.165) is 6.07 Å². The van der Waals surface area contributed by atoms with Crippen LogP contribution in [0.25, 0.3) is 17.1 Å². The number of amides is 1. The fourth-order valence-electron chi connectivity index (χ4n) is 3.01. The largest absolute Gasteiger partial charge is 0.492 e. The summed E-state index contributed by atoms with van der Waals surface area (Å²) in [5.41, 5.74) is -0.233. The Kier molecular flexibility index (Phi) is 6.34. The molecule has 0 bridgehead atoms. The molecule has 7 nitrogen and oxygen atoms in total. The molecule has 0 radical (unpaired) electrons. The van der Waals surface area contributed by atoms with Crippen molar-refractivity contribution in [1.29, 1.82) is 0 Å². The molecule has 1 N–H and O–H groups in total. The molecule has 1 amide bonds. The van der Waals surface area contributed by atoms with Gasteiger partial charge < -0.3 is 10.1 Å². The number of benzene rings is 1. The first kappa shape index (κ1) is 22.0. The highest BCUT2D eigenvalue weighted by Gasteiger charge is 2.36. The molecule has 4 aromatic rings. The summed E-state index contributed by atoms with van der Waals surface area (Å²) in [5, 5.41) is 6.73. The molecule has 168 valence electrons. The van der Waals surface area contributed by atoms with Crippen LogP contribution in [0.4, 0.5) is 13.2 Å². The Morgan fingerprint density at radius 2 is 1.85 bits per heavy atom. The van der Waals surface area contributed by atoms with Crippen molar-refractivity contribution < 1.29 is 22.7 Å². The van der Waals surface area contributed by atoms with Crippen LogP contribution in [0.2, 0.25) is 0 Å². The Morgan fingerprint density at radius 1 is 1.03 bits per heavy atom. The number of carbonyl (C=O) groups excluding carboxylic acids is 1. The normalized spacial score (nSPS) is 11.2. The van der Waals surface area contributed by atoms with Gasteiger partial charge in [-0.2, -0.15) is 18.3 Å². The van der Waals surface area contributed by atoms with Gasteiger partial charge in [0.05, 0.1) is 17.8 Å². The molecule has 0 atom stereocenters. The van der Waals surface area contributed by atoms with Crippen LogP contribution in [0, 0.1) is 0 Å². The third-order valence-corrected chi connectivity index (χ3v) is 4.58. The van der Waals surface area contributed by atoms with Gasteiger partial charge in [0.2, 0.25) is 0 Å². The van der Waals surface area contributed by atoms with E-state index in [1.54, 1.807) is 24.3 Å². The fraction of sp³-hybridized carbons (Fsp3) is 0.130. The van der Waals surface area contributed by atoms with Gasteiger partial charge in [-0.25, -0.2) is 9.67 Å². The first-order valence-corrected chi connectivity index (χ1v) is 9.92. The number of aromatic nitrogens is 4. The maximum atomic E-state index is 13.6. The predicted molar refractivity (Wildman–Crippen MR) is 114 cm³/mol. The van der Waals surface area contributed by atoms with Crippen LogP contribution in [-0.2, 0) is 6.18 Å². The van der Waals surface area contributed by atoms with E-state index in [1.807, 2.05) is 18.2 Å². The van der Waals surface area contributed by atoms with Crippen molar-refractivity contribution in [2.75, 3.05) is 13.2 Å². The molecule has 0 saturated carbocycles. The van der Waals surface area contributed by atoms with Crippen molar-refractivity contribution >= 4 is 5.91 Å². The summed E-state index contributed by atoms with van der Waals surface area (Å²) in [6, 6.07) is 16.0. The molecule has 0 aliphatic carbocycles. The number of hydrogen-bond acceptors (Lipinski definition) is 5. The summed E-state index contributed by atoms with van der Waals surface area (Å²) in [6.07, 6.45) is -0.502. The summed E-state index contributed by atoms with van der Waals surface area (Å²) < 4.78 is 47.0. The van der Waals surface area contributed by atoms with Gasteiger partial charge in [0.1, 0.15) is 12.4 Å². The topological polar surface area (TPSA) is 81.9 Å². The zero-order chi connectivity index (χ0) is 23.3. The SMILES string of the molecule is O=C(NCCOc1ccccc1)c1ccc(-n2nc(-c3cccnc3)cc2C(F)(F)F)nc1. The second-order valence-corrected chi connectivity index (χ2v) is 6.89. The molecule has 0 aliphatic rings. The van der Waals surface area contributed by atoms with Crippen molar-refractivity contribution in [2.45, 2.75) is 6.18 Å². The van der Waals surface area contributed by atoms with Crippen molar-refractivity contribution in [1.82, 2.24) is 25.1 Å². The summed E-state index contributed by atoms with van der Waals surface area (Å²) in [7, 11) is 0. The number of alkyl halides is 3. The highest BCUT2D eigenvalue weighted by Crippen LogP contribution is 2.33. The van der Waals surface area contributed by atoms with Crippen LogP contribution in [0.5, 0.6) is 5.75 Å². The number of nitrogens with zero attached hydrogens (tertiary/aromatic N) is 4. The van der Waals surface area contributed by atoms with E-state index in [0.29, 0.717) is 16.0 Å². The molecule has 1 aromatic carbocycles. The van der Waals surface area contributed by atoms with Crippen LogP contribution in [-0.4, -0.2) is 38.8 Å². The lowest BCUT2D eigenvalue weighted by molar-refractivity contribution is -0.142. The Hall–Kier alpha value is -4.21. The van der Waals surface area contributed by atoms with Crippen molar-refractivity contribution in [3.05, 3.63) is 90.5 Å². The Labute approximate surface area is 186 Å². The van der Waals surface area contributed by atoms with Gasteiger partial charge in [0.15, 0.2) is 11.5 Å². The van der Waals surface area contributed by atoms with Crippen molar-refractivity contribution in [3.63, 3.8) is 0 Å². The summed E-state index contributed by atoms with van der Waals surface area (Å²) in [5.74, 6) is 0.197. The second kappa shape index (κ2) is 9.51. The summed E-state index contributed by atoms with van der Waals surface area (Å²) in [6.45, 7) is 0.516. The number of ether oxygens (including phenoxy) is 1. The van der Waals surface area contributed by atoms with Gasteiger partial charge >= 0.3 is 6.18 Å². The zero-order valence-electron chi connectivity index (χ0n) is 17.2. The van der Waals surface area contributed by atoms with E-state index >= 15 is 0 Å². The minimum absolute atomic E-state index is 0.0681. The summed E-state index contributed by atoms with van der Waals surface area (Å²) in [4.78, 5) is 20.2. The summed E-state index contributed by atoms with van der Waals surface area (Å²) >= 11 is 0. The molecule has 3 heterocycles. The van der Waals surface area contributed by atoms with Crippen LogP contribution >= 0.6 is 0 Å². The number of nitrogens with one attached hydrogen (secondary N) is 1. The standard InChI is InChI=1S/C23H18F3N5O2/c24-23(25,26)20-13-19(16-5-4-10-27-14-16)30-31(20)21-9-8-17(15-29-21)22(32)28-11-12-33-18-6-2-1-3-7-18/h1-10,13-15H,11-12H2,(H,28,32). The number of rotatable bonds is 7. The van der Waals surface area contributed by atoms with Gasteiger partial charge in [-0.15, -0.1) is 0 Å². The van der Waals surface area contributed by atoms with E-state index < -0.39 is 17.8 Å². The number of halogens is 3. The molecule has 0 aliphatic heterocycles. The molecular formula is C23H18F3N5O2. The first-order chi connectivity index (χ1) is 15.9.